The second-order valence-corrected chi connectivity index (χ2v) is 4.87. The van der Waals surface area contributed by atoms with Gasteiger partial charge in [0.15, 0.2) is 0 Å². The lowest BCUT2D eigenvalue weighted by Crippen LogP contribution is -1.86. The van der Waals surface area contributed by atoms with Gasteiger partial charge in [-0.1, -0.05) is 17.7 Å². The van der Waals surface area contributed by atoms with E-state index < -0.39 is 0 Å². The van der Waals surface area contributed by atoms with E-state index in [2.05, 4.69) is 21.3 Å². The molecule has 0 aliphatic heterocycles. The van der Waals surface area contributed by atoms with Gasteiger partial charge >= 0.3 is 0 Å². The fraction of sp³-hybridized carbons (Fsp3) is 0. The van der Waals surface area contributed by atoms with Gasteiger partial charge in [0, 0.05) is 15.4 Å². The highest BCUT2D eigenvalue weighted by atomic mass is 79.9. The molecule has 4 heteroatoms. The molecule has 2 N–H and O–H groups in total. The molecule has 0 fully saturated rings. The number of hydrogen-bond acceptors (Lipinski definition) is 2. The van der Waals surface area contributed by atoms with Gasteiger partial charge in [0.05, 0.1) is 10.7 Å². The van der Waals surface area contributed by atoms with Gasteiger partial charge in [-0.05, 0) is 39.0 Å². The Morgan fingerprint density at radius 1 is 1.29 bits per heavy atom. The summed E-state index contributed by atoms with van der Waals surface area (Å²) in [5.41, 5.74) is 8.48. The Kier molecular flexibility index (Phi) is 2.81. The monoisotopic (exact) mass is 287 g/mol. The van der Waals surface area contributed by atoms with Crippen LogP contribution in [0.15, 0.2) is 33.4 Å². The van der Waals surface area contributed by atoms with Gasteiger partial charge in [-0.15, -0.1) is 0 Å². The molecule has 1 aromatic carbocycles. The summed E-state index contributed by atoms with van der Waals surface area (Å²) in [5, 5.41) is 4.71. The number of thiophene rings is 1. The van der Waals surface area contributed by atoms with Gasteiger partial charge in [-0.25, -0.2) is 0 Å². The van der Waals surface area contributed by atoms with Gasteiger partial charge in [-0.2, -0.15) is 11.3 Å². The predicted octanol–water partition coefficient (Wildman–Crippen LogP) is 4.41. The van der Waals surface area contributed by atoms with Crippen LogP contribution in [0, 0.1) is 0 Å². The fourth-order valence-electron chi connectivity index (χ4n) is 1.18. The molecule has 0 saturated carbocycles. The van der Waals surface area contributed by atoms with E-state index in [9.17, 15) is 0 Å². The summed E-state index contributed by atoms with van der Waals surface area (Å²) in [6.45, 7) is 0. The maximum atomic E-state index is 5.95. The third kappa shape index (κ3) is 1.80. The number of hydrogen-bond donors (Lipinski definition) is 1. The molecule has 72 valence electrons. The Balaban J connectivity index is 2.53. The van der Waals surface area contributed by atoms with Crippen LogP contribution in [-0.2, 0) is 0 Å². The van der Waals surface area contributed by atoms with Crippen molar-refractivity contribution in [3.8, 4) is 11.1 Å². The first kappa shape index (κ1) is 10.0. The first-order valence-electron chi connectivity index (χ1n) is 3.95. The number of nitrogens with two attached hydrogens (primary N) is 1. The van der Waals surface area contributed by atoms with Crippen molar-refractivity contribution < 1.29 is 0 Å². The second-order valence-electron chi connectivity index (χ2n) is 2.87. The van der Waals surface area contributed by atoms with E-state index in [-0.39, 0.29) is 0 Å². The molecular formula is C10H7BrClNS. The first-order chi connectivity index (χ1) is 6.68. The van der Waals surface area contributed by atoms with Crippen molar-refractivity contribution in [1.82, 2.24) is 0 Å². The van der Waals surface area contributed by atoms with E-state index in [0.717, 1.165) is 15.6 Å². The Labute approximate surface area is 99.6 Å². The molecule has 1 nitrogen and oxygen atoms in total. The minimum Gasteiger partial charge on any atom is -0.398 e. The van der Waals surface area contributed by atoms with E-state index in [1.807, 2.05) is 23.6 Å². The van der Waals surface area contributed by atoms with E-state index in [1.165, 1.54) is 0 Å². The molecule has 0 amide bonds. The highest BCUT2D eigenvalue weighted by Gasteiger charge is 2.05. The minimum absolute atomic E-state index is 0.598. The lowest BCUT2D eigenvalue weighted by Gasteiger charge is -2.02. The maximum Gasteiger partial charge on any atom is 0.0641 e. The van der Waals surface area contributed by atoms with Crippen LogP contribution in [0.2, 0.25) is 5.02 Å². The van der Waals surface area contributed by atoms with Crippen molar-refractivity contribution in [2.75, 3.05) is 5.73 Å². The highest BCUT2D eigenvalue weighted by Crippen LogP contribution is 2.34. The lowest BCUT2D eigenvalue weighted by atomic mass is 10.1. The zero-order chi connectivity index (χ0) is 10.1. The smallest absolute Gasteiger partial charge is 0.0641 e. The Morgan fingerprint density at radius 3 is 2.64 bits per heavy atom. The number of halogens is 2. The SMILES string of the molecule is Nc1ccc(-c2cscc2Br)cc1Cl. The molecule has 0 aliphatic rings. The molecule has 0 unspecified atom stereocenters. The van der Waals surface area contributed by atoms with Crippen molar-refractivity contribution in [3.63, 3.8) is 0 Å². The Morgan fingerprint density at radius 2 is 2.07 bits per heavy atom. The van der Waals surface area contributed by atoms with Crippen LogP contribution >= 0.6 is 38.9 Å². The zero-order valence-corrected chi connectivity index (χ0v) is 10.3. The maximum absolute atomic E-state index is 5.95. The second kappa shape index (κ2) is 3.93. The average molecular weight is 289 g/mol. The van der Waals surface area contributed by atoms with E-state index >= 15 is 0 Å². The third-order valence-electron chi connectivity index (χ3n) is 1.93. The molecule has 2 rings (SSSR count). The van der Waals surface area contributed by atoms with Crippen LogP contribution in [0.5, 0.6) is 0 Å². The highest BCUT2D eigenvalue weighted by molar-refractivity contribution is 9.10. The normalized spacial score (nSPS) is 10.4. The molecule has 0 radical (unpaired) electrons. The van der Waals surface area contributed by atoms with Crippen LogP contribution in [-0.4, -0.2) is 0 Å². The summed E-state index contributed by atoms with van der Waals surface area (Å²) in [4.78, 5) is 0. The summed E-state index contributed by atoms with van der Waals surface area (Å²) < 4.78 is 1.09. The molecule has 0 saturated heterocycles. The molecule has 0 bridgehead atoms. The molecule has 2 aromatic rings. The fourth-order valence-corrected chi connectivity index (χ4v) is 2.89. The zero-order valence-electron chi connectivity index (χ0n) is 7.13. The first-order valence-corrected chi connectivity index (χ1v) is 6.07. The standard InChI is InChI=1S/C10H7BrClNS/c11-8-5-14-4-7(8)6-1-2-10(13)9(12)3-6/h1-5H,13H2. The molecule has 0 atom stereocenters. The van der Waals surface area contributed by atoms with Crippen LogP contribution in [0.1, 0.15) is 0 Å². The van der Waals surface area contributed by atoms with Gasteiger partial charge in [0.2, 0.25) is 0 Å². The third-order valence-corrected chi connectivity index (χ3v) is 3.96. The topological polar surface area (TPSA) is 26.0 Å². The summed E-state index contributed by atoms with van der Waals surface area (Å²) in [6, 6.07) is 5.67. The minimum atomic E-state index is 0.598. The summed E-state index contributed by atoms with van der Waals surface area (Å²) in [6.07, 6.45) is 0. The van der Waals surface area contributed by atoms with Crippen LogP contribution in [0.25, 0.3) is 11.1 Å². The van der Waals surface area contributed by atoms with Crippen LogP contribution in [0.3, 0.4) is 0 Å². The number of rotatable bonds is 1. The van der Waals surface area contributed by atoms with E-state index in [1.54, 1.807) is 11.3 Å². The number of benzene rings is 1. The summed E-state index contributed by atoms with van der Waals surface area (Å²) in [7, 11) is 0. The van der Waals surface area contributed by atoms with Crippen molar-refractivity contribution >= 4 is 44.6 Å². The lowest BCUT2D eigenvalue weighted by molar-refractivity contribution is 1.64. The average Bonchev–Trinajstić information content (AvgIpc) is 2.57. The van der Waals surface area contributed by atoms with Crippen molar-refractivity contribution in [1.29, 1.82) is 0 Å². The Hall–Kier alpha value is -0.510. The van der Waals surface area contributed by atoms with Crippen LogP contribution < -0.4 is 5.73 Å². The van der Waals surface area contributed by atoms with Crippen molar-refractivity contribution in [3.05, 3.63) is 38.5 Å². The molecule has 0 spiro atoms. The number of anilines is 1. The van der Waals surface area contributed by atoms with E-state index in [0.29, 0.717) is 10.7 Å². The van der Waals surface area contributed by atoms with Crippen molar-refractivity contribution in [2.45, 2.75) is 0 Å². The Bertz CT molecular complexity index is 467. The molecule has 1 heterocycles. The quantitative estimate of drug-likeness (QED) is 0.773. The molecule has 14 heavy (non-hydrogen) atoms. The predicted molar refractivity (Wildman–Crippen MR) is 66.9 cm³/mol. The molecule has 0 aliphatic carbocycles. The summed E-state index contributed by atoms with van der Waals surface area (Å²) in [5.74, 6) is 0. The van der Waals surface area contributed by atoms with E-state index in [4.69, 9.17) is 17.3 Å². The van der Waals surface area contributed by atoms with Crippen molar-refractivity contribution in [2.24, 2.45) is 0 Å². The van der Waals surface area contributed by atoms with Crippen LogP contribution in [0.4, 0.5) is 5.69 Å². The van der Waals surface area contributed by atoms with Gasteiger partial charge < -0.3 is 5.73 Å². The molecule has 1 aromatic heterocycles. The molecular weight excluding hydrogens is 282 g/mol. The summed E-state index contributed by atoms with van der Waals surface area (Å²) >= 11 is 11.1. The van der Waals surface area contributed by atoms with Gasteiger partial charge in [-0.3, -0.25) is 0 Å². The van der Waals surface area contributed by atoms with Gasteiger partial charge in [0.25, 0.3) is 0 Å². The van der Waals surface area contributed by atoms with Gasteiger partial charge in [0.1, 0.15) is 0 Å². The number of nitrogen functional groups attached to an aromatic ring is 1. The largest absolute Gasteiger partial charge is 0.398 e.